The smallest absolute Gasteiger partial charge is 0.241 e. The van der Waals surface area contributed by atoms with Crippen molar-refractivity contribution < 1.29 is 13.2 Å². The van der Waals surface area contributed by atoms with Gasteiger partial charge in [0.2, 0.25) is 15.9 Å². The Morgan fingerprint density at radius 2 is 1.61 bits per heavy atom. The summed E-state index contributed by atoms with van der Waals surface area (Å²) in [4.78, 5) is 14.6. The molecule has 0 aliphatic carbocycles. The van der Waals surface area contributed by atoms with Crippen molar-refractivity contribution in [2.24, 2.45) is 5.14 Å². The lowest BCUT2D eigenvalue weighted by atomic mass is 10.1. The van der Waals surface area contributed by atoms with E-state index in [4.69, 9.17) is 5.14 Å². The summed E-state index contributed by atoms with van der Waals surface area (Å²) < 4.78 is 22.5. The van der Waals surface area contributed by atoms with Crippen LogP contribution in [0.25, 0.3) is 0 Å². The van der Waals surface area contributed by atoms with Crippen LogP contribution in [0.4, 0.5) is 5.69 Å². The van der Waals surface area contributed by atoms with Gasteiger partial charge in [-0.1, -0.05) is 19.3 Å². The number of hydrogen-bond donors (Lipinski definition) is 2. The highest BCUT2D eigenvalue weighted by atomic mass is 32.2. The summed E-state index contributed by atoms with van der Waals surface area (Å²) in [5, 5.41) is 7.90. The minimum Gasteiger partial charge on any atom is -0.325 e. The first-order valence-corrected chi connectivity index (χ1v) is 9.60. The Labute approximate surface area is 138 Å². The molecule has 3 N–H and O–H groups in total. The molecule has 0 bridgehead atoms. The number of anilines is 1. The number of amides is 1. The molecule has 0 radical (unpaired) electrons. The van der Waals surface area contributed by atoms with Gasteiger partial charge in [0, 0.05) is 5.69 Å². The molecule has 2 rings (SSSR count). The molecular weight excluding hydrogens is 314 g/mol. The van der Waals surface area contributed by atoms with Crippen molar-refractivity contribution in [1.82, 2.24) is 4.90 Å². The molecule has 1 aliphatic rings. The van der Waals surface area contributed by atoms with E-state index in [1.165, 1.54) is 31.4 Å². The van der Waals surface area contributed by atoms with Crippen LogP contribution in [-0.4, -0.2) is 38.4 Å². The second-order valence-corrected chi connectivity index (χ2v) is 7.60. The Balaban J connectivity index is 1.97. The third kappa shape index (κ3) is 5.30. The second kappa shape index (κ2) is 7.90. The topological polar surface area (TPSA) is 92.5 Å². The van der Waals surface area contributed by atoms with Crippen molar-refractivity contribution in [2.75, 3.05) is 18.4 Å². The molecule has 1 aromatic carbocycles. The molecule has 0 spiro atoms. The van der Waals surface area contributed by atoms with Crippen LogP contribution in [0.5, 0.6) is 0 Å². The van der Waals surface area contributed by atoms with Crippen LogP contribution < -0.4 is 10.5 Å². The quantitative estimate of drug-likeness (QED) is 0.876. The highest BCUT2D eigenvalue weighted by Gasteiger charge is 2.21. The number of likely N-dealkylation sites (tertiary alicyclic amines) is 1. The van der Waals surface area contributed by atoms with Gasteiger partial charge in [-0.05, 0) is 57.1 Å². The minimum atomic E-state index is -3.71. The van der Waals surface area contributed by atoms with Gasteiger partial charge in [0.25, 0.3) is 0 Å². The number of sulfonamides is 1. The van der Waals surface area contributed by atoms with Gasteiger partial charge in [0.15, 0.2) is 0 Å². The maximum atomic E-state index is 12.4. The fraction of sp³-hybridized carbons (Fsp3) is 0.562. The second-order valence-electron chi connectivity index (χ2n) is 6.04. The van der Waals surface area contributed by atoms with Gasteiger partial charge in [-0.2, -0.15) is 0 Å². The third-order valence-corrected chi connectivity index (χ3v) is 5.20. The molecular formula is C16H25N3O3S. The predicted octanol–water partition coefficient (Wildman–Crippen LogP) is 1.93. The zero-order valence-corrected chi connectivity index (χ0v) is 14.3. The number of nitrogens with zero attached hydrogens (tertiary/aromatic N) is 1. The molecule has 128 valence electrons. The summed E-state index contributed by atoms with van der Waals surface area (Å²) >= 11 is 0. The number of carbonyl (C=O) groups excluding carboxylic acids is 1. The first-order valence-electron chi connectivity index (χ1n) is 8.06. The maximum Gasteiger partial charge on any atom is 0.241 e. The third-order valence-electron chi connectivity index (χ3n) is 4.27. The summed E-state index contributed by atoms with van der Waals surface area (Å²) in [5.41, 5.74) is 0.571. The highest BCUT2D eigenvalue weighted by molar-refractivity contribution is 7.89. The highest BCUT2D eigenvalue weighted by Crippen LogP contribution is 2.16. The van der Waals surface area contributed by atoms with Gasteiger partial charge in [-0.25, -0.2) is 13.6 Å². The Kier molecular flexibility index (Phi) is 6.15. The van der Waals surface area contributed by atoms with Crippen molar-refractivity contribution in [2.45, 2.75) is 50.0 Å². The SMILES string of the molecule is C[C@@H](C(=O)Nc1ccc(S(N)(=O)=O)cc1)N1CCCCCCC1. The van der Waals surface area contributed by atoms with Gasteiger partial charge in [0.1, 0.15) is 0 Å². The van der Waals surface area contributed by atoms with E-state index < -0.39 is 10.0 Å². The van der Waals surface area contributed by atoms with E-state index in [-0.39, 0.29) is 16.8 Å². The number of benzene rings is 1. The van der Waals surface area contributed by atoms with Crippen LogP contribution in [0.2, 0.25) is 0 Å². The van der Waals surface area contributed by atoms with Crippen LogP contribution in [0, 0.1) is 0 Å². The fourth-order valence-corrected chi connectivity index (χ4v) is 3.32. The Morgan fingerprint density at radius 1 is 1.09 bits per heavy atom. The molecule has 7 heteroatoms. The lowest BCUT2D eigenvalue weighted by Gasteiger charge is -2.29. The van der Waals surface area contributed by atoms with Crippen LogP contribution in [0.15, 0.2) is 29.2 Å². The van der Waals surface area contributed by atoms with Gasteiger partial charge < -0.3 is 5.32 Å². The van der Waals surface area contributed by atoms with Crippen molar-refractivity contribution in [1.29, 1.82) is 0 Å². The lowest BCUT2D eigenvalue weighted by Crippen LogP contribution is -2.43. The Hall–Kier alpha value is -1.44. The van der Waals surface area contributed by atoms with Gasteiger partial charge >= 0.3 is 0 Å². The average molecular weight is 339 g/mol. The summed E-state index contributed by atoms with van der Waals surface area (Å²) in [7, 11) is -3.71. The van der Waals surface area contributed by atoms with E-state index in [2.05, 4.69) is 10.2 Å². The molecule has 23 heavy (non-hydrogen) atoms. The molecule has 1 aliphatic heterocycles. The van der Waals surface area contributed by atoms with Crippen LogP contribution in [-0.2, 0) is 14.8 Å². The standard InChI is InChI=1S/C16H25N3O3S/c1-13(19-11-5-3-2-4-6-12-19)16(20)18-14-7-9-15(10-8-14)23(17,21)22/h7-10,13H,2-6,11-12H2,1H3,(H,18,20)(H2,17,21,22)/t13-/m0/s1. The molecule has 1 atom stereocenters. The Bertz CT molecular complexity index is 620. The number of carbonyl (C=O) groups is 1. The van der Waals surface area contributed by atoms with Gasteiger partial charge in [-0.15, -0.1) is 0 Å². The van der Waals surface area contributed by atoms with Crippen LogP contribution >= 0.6 is 0 Å². The molecule has 6 nitrogen and oxygen atoms in total. The molecule has 1 aromatic rings. The van der Waals surface area contributed by atoms with Crippen molar-refractivity contribution in [3.05, 3.63) is 24.3 Å². The summed E-state index contributed by atoms with van der Waals surface area (Å²) in [6, 6.07) is 5.69. The number of nitrogens with one attached hydrogen (secondary N) is 1. The fourth-order valence-electron chi connectivity index (χ4n) is 2.80. The number of hydrogen-bond acceptors (Lipinski definition) is 4. The first-order chi connectivity index (χ1) is 10.9. The van der Waals surface area contributed by atoms with E-state index >= 15 is 0 Å². The summed E-state index contributed by atoms with van der Waals surface area (Å²) in [6.45, 7) is 3.80. The number of rotatable bonds is 4. The van der Waals surface area contributed by atoms with E-state index in [0.717, 1.165) is 25.9 Å². The average Bonchev–Trinajstić information content (AvgIpc) is 2.46. The zero-order valence-electron chi connectivity index (χ0n) is 13.5. The molecule has 1 fully saturated rings. The largest absolute Gasteiger partial charge is 0.325 e. The number of primary sulfonamides is 1. The van der Waals surface area contributed by atoms with Crippen LogP contribution in [0.1, 0.15) is 39.0 Å². The van der Waals surface area contributed by atoms with Crippen molar-refractivity contribution in [3.8, 4) is 0 Å². The van der Waals surface area contributed by atoms with Crippen molar-refractivity contribution in [3.63, 3.8) is 0 Å². The zero-order chi connectivity index (χ0) is 16.9. The van der Waals surface area contributed by atoms with E-state index in [1.807, 2.05) is 6.92 Å². The van der Waals surface area contributed by atoms with E-state index in [9.17, 15) is 13.2 Å². The first kappa shape index (κ1) is 17.9. The Morgan fingerprint density at radius 3 is 2.13 bits per heavy atom. The molecule has 1 saturated heterocycles. The van der Waals surface area contributed by atoms with Crippen molar-refractivity contribution >= 4 is 21.6 Å². The van der Waals surface area contributed by atoms with Gasteiger partial charge in [0.05, 0.1) is 10.9 Å². The monoisotopic (exact) mass is 339 g/mol. The maximum absolute atomic E-state index is 12.4. The summed E-state index contributed by atoms with van der Waals surface area (Å²) in [6.07, 6.45) is 5.98. The number of nitrogens with two attached hydrogens (primary N) is 1. The summed E-state index contributed by atoms with van der Waals surface area (Å²) in [5.74, 6) is -0.0751. The predicted molar refractivity (Wildman–Crippen MR) is 90.6 cm³/mol. The minimum absolute atomic E-state index is 0.0346. The molecule has 1 heterocycles. The molecule has 0 aromatic heterocycles. The van der Waals surface area contributed by atoms with E-state index in [0.29, 0.717) is 5.69 Å². The normalized spacial score (nSPS) is 18.7. The van der Waals surface area contributed by atoms with Gasteiger partial charge in [-0.3, -0.25) is 9.69 Å². The molecule has 1 amide bonds. The molecule has 0 unspecified atom stereocenters. The van der Waals surface area contributed by atoms with Crippen LogP contribution in [0.3, 0.4) is 0 Å². The molecule has 0 saturated carbocycles. The lowest BCUT2D eigenvalue weighted by molar-refractivity contribution is -0.120. The van der Waals surface area contributed by atoms with E-state index in [1.54, 1.807) is 12.1 Å².